The third-order valence-electron chi connectivity index (χ3n) is 2.99. The molecule has 0 aromatic carbocycles. The Morgan fingerprint density at radius 3 is 2.79 bits per heavy atom. The van der Waals surface area contributed by atoms with E-state index in [1.807, 2.05) is 19.9 Å². The fraction of sp³-hybridized carbons (Fsp3) is 0.385. The van der Waals surface area contributed by atoms with Crippen molar-refractivity contribution in [3.05, 3.63) is 39.3 Å². The van der Waals surface area contributed by atoms with E-state index in [0.29, 0.717) is 0 Å². The molecule has 0 saturated heterocycles. The van der Waals surface area contributed by atoms with Crippen molar-refractivity contribution in [2.45, 2.75) is 26.4 Å². The minimum atomic E-state index is -0.451. The molecule has 3 N–H and O–H groups in total. The largest absolute Gasteiger partial charge is 0.459 e. The van der Waals surface area contributed by atoms with Gasteiger partial charge in [-0.2, -0.15) is 5.26 Å². The van der Waals surface area contributed by atoms with Crippen LogP contribution in [0, 0.1) is 17.2 Å². The molecule has 0 saturated carbocycles. The molecule has 1 aliphatic heterocycles. The van der Waals surface area contributed by atoms with Gasteiger partial charge in [-0.1, -0.05) is 13.8 Å². The molecule has 0 aliphatic carbocycles. The quantitative estimate of drug-likeness (QED) is 0.821. The number of allylic oxidation sites excluding steroid dienone is 1. The number of rotatable bonds is 2. The smallest absolute Gasteiger partial charge is 0.228 e. The van der Waals surface area contributed by atoms with E-state index in [2.05, 4.69) is 0 Å². The lowest BCUT2D eigenvalue weighted by atomic mass is 9.85. The predicted molar refractivity (Wildman–Crippen MR) is 65.9 cm³/mol. The Balaban J connectivity index is 2.71. The van der Waals surface area contributed by atoms with Gasteiger partial charge in [0.1, 0.15) is 24.0 Å². The van der Waals surface area contributed by atoms with Gasteiger partial charge in [-0.15, -0.1) is 0 Å². The summed E-state index contributed by atoms with van der Waals surface area (Å²) in [5, 5.41) is 18.3. The normalized spacial score (nSPS) is 17.9. The zero-order valence-corrected chi connectivity index (χ0v) is 10.6. The lowest BCUT2D eigenvalue weighted by molar-refractivity contribution is 0.225. The van der Waals surface area contributed by atoms with Crippen molar-refractivity contribution in [2.75, 3.05) is 0 Å². The summed E-state index contributed by atoms with van der Waals surface area (Å²) < 4.78 is 10.7. The molecule has 0 amide bonds. The molecule has 0 fully saturated rings. The van der Waals surface area contributed by atoms with Gasteiger partial charge in [-0.3, -0.25) is 4.79 Å². The van der Waals surface area contributed by atoms with E-state index in [-0.39, 0.29) is 34.6 Å². The zero-order chi connectivity index (χ0) is 14.2. The molecule has 1 aliphatic rings. The maximum atomic E-state index is 11.9. The summed E-state index contributed by atoms with van der Waals surface area (Å²) in [4.78, 5) is 11.9. The molecule has 2 heterocycles. The van der Waals surface area contributed by atoms with Crippen molar-refractivity contribution in [1.29, 1.82) is 5.26 Å². The molecule has 6 nitrogen and oxygen atoms in total. The Morgan fingerprint density at radius 2 is 2.26 bits per heavy atom. The molecule has 1 atom stereocenters. The number of fused-ring (bicyclic) bond motifs is 1. The monoisotopic (exact) mass is 262 g/mol. The lowest BCUT2D eigenvalue weighted by Gasteiger charge is -2.26. The summed E-state index contributed by atoms with van der Waals surface area (Å²) in [7, 11) is 0. The van der Waals surface area contributed by atoms with Crippen molar-refractivity contribution < 1.29 is 14.3 Å². The maximum absolute atomic E-state index is 11.9. The molecule has 100 valence electrons. The van der Waals surface area contributed by atoms with Crippen LogP contribution in [-0.4, -0.2) is 5.11 Å². The topological polar surface area (TPSA) is 109 Å². The van der Waals surface area contributed by atoms with Crippen LogP contribution in [0.2, 0.25) is 0 Å². The Labute approximate surface area is 109 Å². The second-order valence-corrected chi connectivity index (χ2v) is 4.64. The van der Waals surface area contributed by atoms with Crippen LogP contribution in [0.25, 0.3) is 0 Å². The van der Waals surface area contributed by atoms with Crippen LogP contribution in [0.5, 0.6) is 5.75 Å². The SMILES string of the molecule is CC(C)[C@@H]1C(C#N)=C(N)Oc2c1oc(CO)cc2=O. The molecule has 6 heteroatoms. The number of aliphatic hydroxyl groups is 1. The fourth-order valence-electron chi connectivity index (χ4n) is 2.14. The van der Waals surface area contributed by atoms with Crippen molar-refractivity contribution in [3.63, 3.8) is 0 Å². The van der Waals surface area contributed by atoms with Gasteiger partial charge in [0.15, 0.2) is 5.76 Å². The molecule has 1 aromatic heterocycles. The third kappa shape index (κ3) is 2.09. The van der Waals surface area contributed by atoms with Crippen LogP contribution in [-0.2, 0) is 6.61 Å². The summed E-state index contributed by atoms with van der Waals surface area (Å²) in [5.41, 5.74) is 5.49. The summed E-state index contributed by atoms with van der Waals surface area (Å²) in [6.45, 7) is 3.38. The van der Waals surface area contributed by atoms with Gasteiger partial charge in [0.25, 0.3) is 0 Å². The minimum Gasteiger partial charge on any atom is -0.459 e. The average molecular weight is 262 g/mol. The van der Waals surface area contributed by atoms with Crippen molar-refractivity contribution in [1.82, 2.24) is 0 Å². The second kappa shape index (κ2) is 4.78. The van der Waals surface area contributed by atoms with Gasteiger partial charge in [0.05, 0.1) is 5.92 Å². The highest BCUT2D eigenvalue weighted by Crippen LogP contribution is 2.40. The third-order valence-corrected chi connectivity index (χ3v) is 2.99. The molecular weight excluding hydrogens is 248 g/mol. The number of hydrogen-bond acceptors (Lipinski definition) is 6. The molecule has 1 aromatic rings. The first kappa shape index (κ1) is 13.2. The van der Waals surface area contributed by atoms with Crippen molar-refractivity contribution in [3.8, 4) is 11.8 Å². The summed E-state index contributed by atoms with van der Waals surface area (Å²) in [6.07, 6.45) is 0. The van der Waals surface area contributed by atoms with E-state index in [1.165, 1.54) is 0 Å². The van der Waals surface area contributed by atoms with Gasteiger partial charge in [0.2, 0.25) is 17.1 Å². The van der Waals surface area contributed by atoms with Gasteiger partial charge in [-0.25, -0.2) is 0 Å². The van der Waals surface area contributed by atoms with Crippen LogP contribution in [0.4, 0.5) is 0 Å². The van der Waals surface area contributed by atoms with E-state index in [9.17, 15) is 4.79 Å². The standard InChI is InChI=1S/C13H14N2O4/c1-6(2)10-8(4-14)13(15)19-11-9(17)3-7(5-16)18-12(10)11/h3,6,10,16H,5,15H2,1-2H3/t10-/m1/s1. The number of nitriles is 1. The van der Waals surface area contributed by atoms with Gasteiger partial charge < -0.3 is 20.0 Å². The first-order chi connectivity index (χ1) is 8.99. The minimum absolute atomic E-state index is 0.00653. The number of nitrogens with two attached hydrogens (primary N) is 1. The summed E-state index contributed by atoms with van der Waals surface area (Å²) in [5.74, 6) is -0.154. The highest BCUT2D eigenvalue weighted by Gasteiger charge is 2.35. The van der Waals surface area contributed by atoms with Crippen LogP contribution < -0.4 is 15.9 Å². The maximum Gasteiger partial charge on any atom is 0.228 e. The molecular formula is C13H14N2O4. The molecule has 0 bridgehead atoms. The van der Waals surface area contributed by atoms with E-state index in [4.69, 9.17) is 25.3 Å². The molecule has 0 radical (unpaired) electrons. The second-order valence-electron chi connectivity index (χ2n) is 4.64. The van der Waals surface area contributed by atoms with Crippen LogP contribution >= 0.6 is 0 Å². The van der Waals surface area contributed by atoms with Crippen molar-refractivity contribution >= 4 is 0 Å². The number of nitrogens with zero attached hydrogens (tertiary/aromatic N) is 1. The number of hydrogen-bond donors (Lipinski definition) is 2. The van der Waals surface area contributed by atoms with Gasteiger partial charge >= 0.3 is 0 Å². The predicted octanol–water partition coefficient (Wildman–Crippen LogP) is 0.958. The van der Waals surface area contributed by atoms with E-state index < -0.39 is 18.0 Å². The molecule has 19 heavy (non-hydrogen) atoms. The molecule has 2 rings (SSSR count). The van der Waals surface area contributed by atoms with Crippen LogP contribution in [0.3, 0.4) is 0 Å². The summed E-state index contributed by atoms with van der Waals surface area (Å²) >= 11 is 0. The Bertz CT molecular complexity index is 637. The first-order valence-electron chi connectivity index (χ1n) is 5.85. The zero-order valence-electron chi connectivity index (χ0n) is 10.6. The van der Waals surface area contributed by atoms with E-state index >= 15 is 0 Å². The van der Waals surface area contributed by atoms with Gasteiger partial charge in [-0.05, 0) is 5.92 Å². The Hall–Kier alpha value is -2.26. The van der Waals surface area contributed by atoms with Crippen LogP contribution in [0.1, 0.15) is 31.3 Å². The first-order valence-corrected chi connectivity index (χ1v) is 5.85. The number of aliphatic hydroxyl groups excluding tert-OH is 1. The average Bonchev–Trinajstić information content (AvgIpc) is 2.37. The molecule has 0 spiro atoms. The van der Waals surface area contributed by atoms with E-state index in [1.54, 1.807) is 0 Å². The number of ether oxygens (including phenoxy) is 1. The Morgan fingerprint density at radius 1 is 1.58 bits per heavy atom. The highest BCUT2D eigenvalue weighted by atomic mass is 16.5. The fourth-order valence-corrected chi connectivity index (χ4v) is 2.14. The lowest BCUT2D eigenvalue weighted by Crippen LogP contribution is -2.27. The van der Waals surface area contributed by atoms with Crippen LogP contribution in [0.15, 0.2) is 26.7 Å². The summed E-state index contributed by atoms with van der Waals surface area (Å²) in [6, 6.07) is 3.14. The van der Waals surface area contributed by atoms with Gasteiger partial charge in [0, 0.05) is 6.07 Å². The van der Waals surface area contributed by atoms with E-state index in [0.717, 1.165) is 6.07 Å². The highest BCUT2D eigenvalue weighted by molar-refractivity contribution is 5.45. The molecule has 0 unspecified atom stereocenters. The Kier molecular flexibility index (Phi) is 3.32. The van der Waals surface area contributed by atoms with Crippen molar-refractivity contribution in [2.24, 2.45) is 11.7 Å².